The SMILES string of the molecule is O=C(C[C@H]1C=C[C@@H](NC(=O)c2ccncc2)[C@@H](CO)O1)NCc1ccncn1. The van der Waals surface area contributed by atoms with Gasteiger partial charge in [-0.3, -0.25) is 14.6 Å². The third-order valence-electron chi connectivity index (χ3n) is 4.20. The van der Waals surface area contributed by atoms with Crippen LogP contribution in [0.5, 0.6) is 0 Å². The Morgan fingerprint density at radius 2 is 1.89 bits per heavy atom. The first kappa shape index (κ1) is 19.6. The van der Waals surface area contributed by atoms with Gasteiger partial charge in [0.1, 0.15) is 12.4 Å². The molecule has 2 aromatic rings. The van der Waals surface area contributed by atoms with Crippen LogP contribution in [0, 0.1) is 0 Å². The Balaban J connectivity index is 1.52. The number of aromatic nitrogens is 3. The van der Waals surface area contributed by atoms with Crippen molar-refractivity contribution in [3.05, 3.63) is 66.5 Å². The summed E-state index contributed by atoms with van der Waals surface area (Å²) in [6, 6.07) is 4.42. The zero-order chi connectivity index (χ0) is 19.8. The summed E-state index contributed by atoms with van der Waals surface area (Å²) < 4.78 is 5.76. The Kier molecular flexibility index (Phi) is 6.77. The van der Waals surface area contributed by atoms with Gasteiger partial charge in [-0.25, -0.2) is 9.97 Å². The summed E-state index contributed by atoms with van der Waals surface area (Å²) >= 11 is 0. The van der Waals surface area contributed by atoms with E-state index in [1.54, 1.807) is 36.5 Å². The third kappa shape index (κ3) is 5.41. The fourth-order valence-corrected chi connectivity index (χ4v) is 2.74. The van der Waals surface area contributed by atoms with E-state index in [9.17, 15) is 14.7 Å². The number of nitrogens with one attached hydrogen (secondary N) is 2. The maximum atomic E-state index is 12.3. The molecule has 0 aromatic carbocycles. The van der Waals surface area contributed by atoms with Crippen LogP contribution in [0.1, 0.15) is 22.5 Å². The molecule has 0 spiro atoms. The van der Waals surface area contributed by atoms with Crippen molar-refractivity contribution in [3.63, 3.8) is 0 Å². The molecule has 0 saturated heterocycles. The van der Waals surface area contributed by atoms with E-state index < -0.39 is 18.2 Å². The molecule has 3 N–H and O–H groups in total. The molecule has 9 nitrogen and oxygen atoms in total. The number of amides is 2. The largest absolute Gasteiger partial charge is 0.394 e. The van der Waals surface area contributed by atoms with Crippen LogP contribution in [0.25, 0.3) is 0 Å². The van der Waals surface area contributed by atoms with Gasteiger partial charge in [-0.05, 0) is 18.2 Å². The molecule has 1 aliphatic rings. The van der Waals surface area contributed by atoms with E-state index in [-0.39, 0.29) is 24.8 Å². The minimum absolute atomic E-state index is 0.100. The predicted molar refractivity (Wildman–Crippen MR) is 98.9 cm³/mol. The van der Waals surface area contributed by atoms with E-state index in [2.05, 4.69) is 25.6 Å². The van der Waals surface area contributed by atoms with Crippen LogP contribution >= 0.6 is 0 Å². The monoisotopic (exact) mass is 383 g/mol. The van der Waals surface area contributed by atoms with Gasteiger partial charge in [0, 0.05) is 24.2 Å². The van der Waals surface area contributed by atoms with Crippen LogP contribution in [0.3, 0.4) is 0 Å². The summed E-state index contributed by atoms with van der Waals surface area (Å²) in [5.74, 6) is -0.496. The van der Waals surface area contributed by atoms with Gasteiger partial charge in [0.05, 0.1) is 37.4 Å². The highest BCUT2D eigenvalue weighted by molar-refractivity contribution is 5.94. The Morgan fingerprint density at radius 3 is 2.61 bits per heavy atom. The van der Waals surface area contributed by atoms with Gasteiger partial charge in [0.25, 0.3) is 5.91 Å². The lowest BCUT2D eigenvalue weighted by Crippen LogP contribution is -2.49. The minimum Gasteiger partial charge on any atom is -0.394 e. The summed E-state index contributed by atoms with van der Waals surface area (Å²) in [4.78, 5) is 36.1. The summed E-state index contributed by atoms with van der Waals surface area (Å²) in [6.45, 7) is 0.0104. The average molecular weight is 383 g/mol. The molecule has 0 fully saturated rings. The van der Waals surface area contributed by atoms with E-state index in [4.69, 9.17) is 4.74 Å². The second-order valence-corrected chi connectivity index (χ2v) is 6.20. The molecule has 2 aromatic heterocycles. The molecular weight excluding hydrogens is 362 g/mol. The maximum Gasteiger partial charge on any atom is 0.251 e. The third-order valence-corrected chi connectivity index (χ3v) is 4.20. The number of carbonyl (C=O) groups excluding carboxylic acids is 2. The van der Waals surface area contributed by atoms with Gasteiger partial charge in [-0.2, -0.15) is 0 Å². The number of rotatable bonds is 7. The lowest BCUT2D eigenvalue weighted by atomic mass is 10.0. The number of carbonyl (C=O) groups is 2. The average Bonchev–Trinajstić information content (AvgIpc) is 2.74. The summed E-state index contributed by atoms with van der Waals surface area (Å²) in [5.41, 5.74) is 1.17. The molecule has 2 amide bonds. The first-order chi connectivity index (χ1) is 13.7. The number of aliphatic hydroxyl groups is 1. The standard InChI is InChI=1S/C19H21N5O4/c25-11-17-16(24-19(27)13-3-6-20-7-4-13)2-1-15(28-17)9-18(26)22-10-14-5-8-21-12-23-14/h1-8,12,15-17,25H,9-11H2,(H,22,26)(H,24,27)/t15-,16-,17-/m1/s1. The van der Waals surface area contributed by atoms with Crippen molar-refractivity contribution >= 4 is 11.8 Å². The second-order valence-electron chi connectivity index (χ2n) is 6.20. The first-order valence-corrected chi connectivity index (χ1v) is 8.83. The molecule has 9 heteroatoms. The molecule has 0 unspecified atom stereocenters. The highest BCUT2D eigenvalue weighted by Crippen LogP contribution is 2.16. The summed E-state index contributed by atoms with van der Waals surface area (Å²) in [5, 5.41) is 15.2. The van der Waals surface area contributed by atoms with Crippen LogP contribution in [-0.4, -0.2) is 56.7 Å². The zero-order valence-corrected chi connectivity index (χ0v) is 15.1. The molecule has 0 bridgehead atoms. The van der Waals surface area contributed by atoms with Crippen molar-refractivity contribution in [1.82, 2.24) is 25.6 Å². The van der Waals surface area contributed by atoms with Gasteiger partial charge in [-0.1, -0.05) is 12.2 Å². The molecule has 3 atom stereocenters. The van der Waals surface area contributed by atoms with Crippen molar-refractivity contribution < 1.29 is 19.4 Å². The van der Waals surface area contributed by atoms with Crippen molar-refractivity contribution in [2.75, 3.05) is 6.61 Å². The molecule has 28 heavy (non-hydrogen) atoms. The summed E-state index contributed by atoms with van der Waals surface area (Å²) in [6.07, 6.45) is 8.51. The smallest absolute Gasteiger partial charge is 0.251 e. The maximum absolute atomic E-state index is 12.3. The predicted octanol–water partition coefficient (Wildman–Crippen LogP) is -0.00760. The van der Waals surface area contributed by atoms with Crippen molar-refractivity contribution in [2.45, 2.75) is 31.2 Å². The van der Waals surface area contributed by atoms with Gasteiger partial charge in [0.2, 0.25) is 5.91 Å². The number of hydrogen-bond donors (Lipinski definition) is 3. The van der Waals surface area contributed by atoms with E-state index in [0.717, 1.165) is 0 Å². The lowest BCUT2D eigenvalue weighted by molar-refractivity contribution is -0.125. The molecule has 146 valence electrons. The van der Waals surface area contributed by atoms with E-state index >= 15 is 0 Å². The highest BCUT2D eigenvalue weighted by Gasteiger charge is 2.29. The number of aliphatic hydroxyl groups excluding tert-OH is 1. The quantitative estimate of drug-likeness (QED) is 0.574. The van der Waals surface area contributed by atoms with Crippen LogP contribution in [0.15, 0.2) is 55.3 Å². The minimum atomic E-state index is -0.643. The highest BCUT2D eigenvalue weighted by atomic mass is 16.5. The van der Waals surface area contributed by atoms with Crippen LogP contribution < -0.4 is 10.6 Å². The van der Waals surface area contributed by atoms with Gasteiger partial charge < -0.3 is 20.5 Å². The van der Waals surface area contributed by atoms with E-state index in [0.29, 0.717) is 17.8 Å². The van der Waals surface area contributed by atoms with Crippen molar-refractivity contribution in [3.8, 4) is 0 Å². The number of hydrogen-bond acceptors (Lipinski definition) is 7. The Bertz CT molecular complexity index is 816. The topological polar surface area (TPSA) is 126 Å². The van der Waals surface area contributed by atoms with E-state index in [1.165, 1.54) is 18.7 Å². The number of nitrogens with zero attached hydrogens (tertiary/aromatic N) is 3. The molecule has 3 heterocycles. The lowest BCUT2D eigenvalue weighted by Gasteiger charge is -2.31. The molecule has 0 aliphatic carbocycles. The fourth-order valence-electron chi connectivity index (χ4n) is 2.74. The zero-order valence-electron chi connectivity index (χ0n) is 15.1. The Hall–Kier alpha value is -3.17. The summed E-state index contributed by atoms with van der Waals surface area (Å²) in [7, 11) is 0. The van der Waals surface area contributed by atoms with Gasteiger partial charge >= 0.3 is 0 Å². The molecule has 0 saturated carbocycles. The molecular formula is C19H21N5O4. The van der Waals surface area contributed by atoms with Crippen LogP contribution in [0.2, 0.25) is 0 Å². The van der Waals surface area contributed by atoms with Gasteiger partial charge in [-0.15, -0.1) is 0 Å². The van der Waals surface area contributed by atoms with Crippen LogP contribution in [-0.2, 0) is 16.1 Å². The van der Waals surface area contributed by atoms with Crippen molar-refractivity contribution in [1.29, 1.82) is 0 Å². The molecule has 3 rings (SSSR count). The first-order valence-electron chi connectivity index (χ1n) is 8.83. The van der Waals surface area contributed by atoms with E-state index in [1.807, 2.05) is 0 Å². The number of pyridine rings is 1. The Labute approximate surface area is 161 Å². The Morgan fingerprint density at radius 1 is 1.11 bits per heavy atom. The fraction of sp³-hybridized carbons (Fsp3) is 0.316. The second kappa shape index (κ2) is 9.67. The van der Waals surface area contributed by atoms with Crippen molar-refractivity contribution in [2.24, 2.45) is 0 Å². The van der Waals surface area contributed by atoms with Gasteiger partial charge in [0.15, 0.2) is 0 Å². The molecule has 1 aliphatic heterocycles. The normalized spacial score (nSPS) is 21.1. The number of ether oxygens (including phenoxy) is 1. The molecule has 0 radical (unpaired) electrons. The van der Waals surface area contributed by atoms with Crippen LogP contribution in [0.4, 0.5) is 0 Å².